The summed E-state index contributed by atoms with van der Waals surface area (Å²) in [5.41, 5.74) is 2.18. The highest BCUT2D eigenvalue weighted by Crippen LogP contribution is 2.19. The molecule has 0 aliphatic carbocycles. The van der Waals surface area contributed by atoms with Crippen LogP contribution >= 0.6 is 0 Å². The third kappa shape index (κ3) is 4.08. The van der Waals surface area contributed by atoms with Crippen molar-refractivity contribution in [1.82, 2.24) is 10.3 Å². The van der Waals surface area contributed by atoms with E-state index in [9.17, 15) is 4.79 Å². The maximum absolute atomic E-state index is 11.1. The Hall–Kier alpha value is -0.650. The van der Waals surface area contributed by atoms with Gasteiger partial charge in [-0.25, -0.2) is 5.84 Å². The second-order valence-electron chi connectivity index (χ2n) is 4.56. The molecule has 5 nitrogen and oxygen atoms in total. The molecule has 0 aromatic carbocycles. The topological polar surface area (TPSA) is 67.6 Å². The molecule has 1 aliphatic rings. The molecule has 16 heavy (non-hydrogen) atoms. The van der Waals surface area contributed by atoms with Crippen LogP contribution in [-0.2, 0) is 9.53 Å². The molecule has 1 atom stereocenters. The van der Waals surface area contributed by atoms with E-state index in [2.05, 4.69) is 17.2 Å². The molecule has 1 amide bonds. The van der Waals surface area contributed by atoms with E-state index < -0.39 is 0 Å². The van der Waals surface area contributed by atoms with Crippen molar-refractivity contribution in [3.63, 3.8) is 0 Å². The molecule has 5 heteroatoms. The van der Waals surface area contributed by atoms with Gasteiger partial charge in [0.15, 0.2) is 0 Å². The Bertz CT molecular complexity index is 215. The number of nitrogens with two attached hydrogens (primary N) is 1. The average Bonchev–Trinajstić information content (AvgIpc) is 2.30. The molecule has 0 aromatic rings. The summed E-state index contributed by atoms with van der Waals surface area (Å²) in [7, 11) is 1.75. The molecule has 0 radical (unpaired) electrons. The van der Waals surface area contributed by atoms with Crippen molar-refractivity contribution in [1.29, 1.82) is 0 Å². The number of hydrazine groups is 1. The Morgan fingerprint density at radius 2 is 2.19 bits per heavy atom. The Labute approximate surface area is 97.3 Å². The van der Waals surface area contributed by atoms with E-state index in [4.69, 9.17) is 10.6 Å². The lowest BCUT2D eigenvalue weighted by molar-refractivity contribution is -0.122. The molecule has 1 aliphatic heterocycles. The number of rotatable bonds is 5. The summed E-state index contributed by atoms with van der Waals surface area (Å²) in [4.78, 5) is 13.5. The van der Waals surface area contributed by atoms with Crippen molar-refractivity contribution in [3.05, 3.63) is 0 Å². The van der Waals surface area contributed by atoms with Crippen LogP contribution in [0.2, 0.25) is 0 Å². The summed E-state index contributed by atoms with van der Waals surface area (Å²) in [6, 6.07) is 0.270. The summed E-state index contributed by atoms with van der Waals surface area (Å²) in [6.45, 7) is 5.03. The Morgan fingerprint density at radius 3 is 2.69 bits per heavy atom. The number of ether oxygens (including phenoxy) is 1. The number of nitrogens with zero attached hydrogens (tertiary/aromatic N) is 1. The van der Waals surface area contributed by atoms with Gasteiger partial charge < -0.3 is 9.64 Å². The van der Waals surface area contributed by atoms with Crippen molar-refractivity contribution in [3.8, 4) is 0 Å². The highest BCUT2D eigenvalue weighted by molar-refractivity contribution is 5.75. The Kier molecular flexibility index (Phi) is 5.73. The zero-order valence-corrected chi connectivity index (χ0v) is 10.2. The van der Waals surface area contributed by atoms with Gasteiger partial charge in [-0.15, -0.1) is 0 Å². The van der Waals surface area contributed by atoms with E-state index in [1.54, 1.807) is 7.11 Å². The van der Waals surface area contributed by atoms with E-state index in [1.807, 2.05) is 0 Å². The molecule has 1 rings (SSSR count). The molecule has 1 fully saturated rings. The van der Waals surface area contributed by atoms with Crippen molar-refractivity contribution in [2.24, 2.45) is 11.8 Å². The van der Waals surface area contributed by atoms with Crippen LogP contribution in [-0.4, -0.2) is 43.7 Å². The normalized spacial score (nSPS) is 20.7. The Morgan fingerprint density at radius 1 is 1.56 bits per heavy atom. The largest absolute Gasteiger partial charge is 0.384 e. The lowest BCUT2D eigenvalue weighted by Gasteiger charge is -2.35. The first-order chi connectivity index (χ1) is 7.67. The number of likely N-dealkylation sites (tertiary alicyclic amines) is 1. The number of hydrogen-bond donors (Lipinski definition) is 2. The summed E-state index contributed by atoms with van der Waals surface area (Å²) in [6.07, 6.45) is 2.79. The van der Waals surface area contributed by atoms with Crippen LogP contribution in [0.5, 0.6) is 0 Å². The highest BCUT2D eigenvalue weighted by atomic mass is 16.5. The van der Waals surface area contributed by atoms with Gasteiger partial charge in [0, 0.05) is 26.2 Å². The van der Waals surface area contributed by atoms with Gasteiger partial charge >= 0.3 is 0 Å². The lowest BCUT2D eigenvalue weighted by Crippen LogP contribution is -2.43. The predicted octanol–water partition coefficient (Wildman–Crippen LogP) is 0.113. The molecule has 1 heterocycles. The zero-order chi connectivity index (χ0) is 12.0. The standard InChI is InChI=1S/C11H23N3O2/c1-9(7-11(15)13-12)14-5-3-10(4-6-14)8-16-2/h9-10H,3-8,12H2,1-2H3,(H,13,15). The number of piperidine rings is 1. The van der Waals surface area contributed by atoms with Crippen LogP contribution in [0.1, 0.15) is 26.2 Å². The maximum atomic E-state index is 11.1. The number of methoxy groups -OCH3 is 1. The first-order valence-electron chi connectivity index (χ1n) is 5.89. The van der Waals surface area contributed by atoms with Gasteiger partial charge in [-0.1, -0.05) is 0 Å². The third-order valence-corrected chi connectivity index (χ3v) is 3.32. The molecule has 3 N–H and O–H groups in total. The minimum atomic E-state index is -0.0912. The smallest absolute Gasteiger partial charge is 0.235 e. The van der Waals surface area contributed by atoms with Crippen LogP contribution in [0.4, 0.5) is 0 Å². The molecule has 0 bridgehead atoms. The van der Waals surface area contributed by atoms with Gasteiger partial charge in [0.2, 0.25) is 5.91 Å². The summed E-state index contributed by atoms with van der Waals surface area (Å²) in [5.74, 6) is 5.66. The minimum Gasteiger partial charge on any atom is -0.384 e. The van der Waals surface area contributed by atoms with Gasteiger partial charge in [0.1, 0.15) is 0 Å². The van der Waals surface area contributed by atoms with Crippen molar-refractivity contribution in [2.45, 2.75) is 32.2 Å². The van der Waals surface area contributed by atoms with E-state index >= 15 is 0 Å². The van der Waals surface area contributed by atoms with Crippen molar-refractivity contribution < 1.29 is 9.53 Å². The van der Waals surface area contributed by atoms with E-state index in [-0.39, 0.29) is 11.9 Å². The van der Waals surface area contributed by atoms with Gasteiger partial charge in [-0.2, -0.15) is 0 Å². The Balaban J connectivity index is 2.27. The first-order valence-corrected chi connectivity index (χ1v) is 5.89. The van der Waals surface area contributed by atoms with Crippen molar-refractivity contribution in [2.75, 3.05) is 26.8 Å². The fourth-order valence-corrected chi connectivity index (χ4v) is 2.25. The monoisotopic (exact) mass is 229 g/mol. The quantitative estimate of drug-likeness (QED) is 0.399. The summed E-state index contributed by atoms with van der Waals surface area (Å²) in [5, 5.41) is 0. The SMILES string of the molecule is COCC1CCN(C(C)CC(=O)NN)CC1. The predicted molar refractivity (Wildman–Crippen MR) is 62.6 cm³/mol. The molecule has 1 unspecified atom stereocenters. The fourth-order valence-electron chi connectivity index (χ4n) is 2.25. The second-order valence-corrected chi connectivity index (χ2v) is 4.56. The maximum Gasteiger partial charge on any atom is 0.235 e. The van der Waals surface area contributed by atoms with Gasteiger partial charge in [0.25, 0.3) is 0 Å². The van der Waals surface area contributed by atoms with E-state index in [1.165, 1.54) is 0 Å². The molecule has 0 aromatic heterocycles. The second kappa shape index (κ2) is 6.83. The van der Waals surface area contributed by atoms with Crippen LogP contribution < -0.4 is 11.3 Å². The number of carbonyl (C=O) groups excluding carboxylic acids is 1. The highest BCUT2D eigenvalue weighted by Gasteiger charge is 2.23. The van der Waals surface area contributed by atoms with Crippen LogP contribution in [0.25, 0.3) is 0 Å². The van der Waals surface area contributed by atoms with Crippen molar-refractivity contribution >= 4 is 5.91 Å². The lowest BCUT2D eigenvalue weighted by atomic mass is 9.96. The molecule has 1 saturated heterocycles. The molecular formula is C11H23N3O2. The molecule has 0 saturated carbocycles. The van der Waals surface area contributed by atoms with E-state index in [0.29, 0.717) is 12.3 Å². The molecule has 94 valence electrons. The molecule has 0 spiro atoms. The number of hydrogen-bond acceptors (Lipinski definition) is 4. The van der Waals surface area contributed by atoms with E-state index in [0.717, 1.165) is 32.5 Å². The van der Waals surface area contributed by atoms with Gasteiger partial charge in [-0.05, 0) is 38.8 Å². The average molecular weight is 229 g/mol. The number of nitrogens with one attached hydrogen (secondary N) is 1. The van der Waals surface area contributed by atoms with Gasteiger partial charge in [0.05, 0.1) is 0 Å². The third-order valence-electron chi connectivity index (χ3n) is 3.32. The molecular weight excluding hydrogens is 206 g/mol. The van der Waals surface area contributed by atoms with Crippen LogP contribution in [0.3, 0.4) is 0 Å². The summed E-state index contributed by atoms with van der Waals surface area (Å²) >= 11 is 0. The number of amides is 1. The zero-order valence-electron chi connectivity index (χ0n) is 10.2. The van der Waals surface area contributed by atoms with Gasteiger partial charge in [-0.3, -0.25) is 10.2 Å². The van der Waals surface area contributed by atoms with Crippen LogP contribution in [0.15, 0.2) is 0 Å². The first kappa shape index (κ1) is 13.4. The minimum absolute atomic E-state index is 0.0912. The fraction of sp³-hybridized carbons (Fsp3) is 0.909. The summed E-state index contributed by atoms with van der Waals surface area (Å²) < 4.78 is 5.16. The number of carbonyl (C=O) groups is 1. The van der Waals surface area contributed by atoms with Crippen LogP contribution in [0, 0.1) is 5.92 Å².